The summed E-state index contributed by atoms with van der Waals surface area (Å²) in [5, 5.41) is 10.6. The number of carbonyl (C=O) groups excluding carboxylic acids is 2. The number of nitrogens with zero attached hydrogens (tertiary/aromatic N) is 1. The van der Waals surface area contributed by atoms with E-state index in [4.69, 9.17) is 0 Å². The van der Waals surface area contributed by atoms with Crippen LogP contribution in [-0.4, -0.2) is 17.5 Å². The lowest BCUT2D eigenvalue weighted by atomic mass is 10.0. The standard InChI is InChI=1S/C25H24N4O2S/c1-2-5-20-23(25(31)29-28-20)21-14-22(18-6-3-4-7-19(18)27-21)32-17-12-10-16(11-13-17)26-24(30)15-8-9-15/h3-4,6-7,10-15,27H,2,5,8-9H2,1H3,(H,26,30)(H,29,31)/b23-21-. The number of amides is 2. The summed E-state index contributed by atoms with van der Waals surface area (Å²) in [5.41, 5.74) is 7.63. The van der Waals surface area contributed by atoms with Gasteiger partial charge in [-0.1, -0.05) is 43.3 Å². The summed E-state index contributed by atoms with van der Waals surface area (Å²) in [4.78, 5) is 26.6. The van der Waals surface area contributed by atoms with E-state index in [9.17, 15) is 9.59 Å². The summed E-state index contributed by atoms with van der Waals surface area (Å²) in [6, 6.07) is 16.0. The molecular formula is C25H24N4O2S. The molecule has 0 spiro atoms. The van der Waals surface area contributed by atoms with E-state index in [2.05, 4.69) is 34.2 Å². The molecule has 1 fully saturated rings. The molecule has 6 nitrogen and oxygen atoms in total. The van der Waals surface area contributed by atoms with Crippen LogP contribution in [0.25, 0.3) is 4.91 Å². The van der Waals surface area contributed by atoms with Gasteiger partial charge in [-0.25, -0.2) is 5.43 Å². The Morgan fingerprint density at radius 1 is 1.16 bits per heavy atom. The van der Waals surface area contributed by atoms with E-state index in [1.54, 1.807) is 11.8 Å². The van der Waals surface area contributed by atoms with Gasteiger partial charge in [0.15, 0.2) is 0 Å². The van der Waals surface area contributed by atoms with Crippen LogP contribution < -0.4 is 16.1 Å². The van der Waals surface area contributed by atoms with Crippen LogP contribution in [0.5, 0.6) is 0 Å². The quantitative estimate of drug-likeness (QED) is 0.539. The van der Waals surface area contributed by atoms with Crippen LogP contribution in [0.1, 0.15) is 38.2 Å². The van der Waals surface area contributed by atoms with E-state index in [0.717, 1.165) is 63.8 Å². The first-order valence-electron chi connectivity index (χ1n) is 10.9. The van der Waals surface area contributed by atoms with Gasteiger partial charge in [-0.15, -0.1) is 0 Å². The molecule has 162 valence electrons. The topological polar surface area (TPSA) is 82.6 Å². The average molecular weight is 445 g/mol. The molecule has 0 atom stereocenters. The third-order valence-corrected chi connectivity index (χ3v) is 6.66. The zero-order valence-electron chi connectivity index (χ0n) is 17.8. The van der Waals surface area contributed by atoms with Crippen LogP contribution in [-0.2, 0) is 9.59 Å². The van der Waals surface area contributed by atoms with Crippen molar-refractivity contribution in [1.82, 2.24) is 5.43 Å². The van der Waals surface area contributed by atoms with E-state index >= 15 is 0 Å². The molecule has 3 N–H and O–H groups in total. The van der Waals surface area contributed by atoms with Crippen LogP contribution in [0.2, 0.25) is 0 Å². The van der Waals surface area contributed by atoms with Gasteiger partial charge >= 0.3 is 0 Å². The van der Waals surface area contributed by atoms with Gasteiger partial charge in [0.2, 0.25) is 5.91 Å². The highest BCUT2D eigenvalue weighted by molar-refractivity contribution is 8.08. The molecular weight excluding hydrogens is 420 g/mol. The van der Waals surface area contributed by atoms with E-state index < -0.39 is 0 Å². The monoisotopic (exact) mass is 444 g/mol. The highest BCUT2D eigenvalue weighted by atomic mass is 32.2. The highest BCUT2D eigenvalue weighted by Crippen LogP contribution is 2.42. The molecule has 1 aliphatic carbocycles. The number of hydrogen-bond donors (Lipinski definition) is 3. The molecule has 0 unspecified atom stereocenters. The minimum absolute atomic E-state index is 0.107. The van der Waals surface area contributed by atoms with Crippen molar-refractivity contribution in [3.05, 3.63) is 71.4 Å². The fourth-order valence-electron chi connectivity index (χ4n) is 3.80. The third kappa shape index (κ3) is 4.21. The molecule has 32 heavy (non-hydrogen) atoms. The predicted molar refractivity (Wildman–Crippen MR) is 129 cm³/mol. The van der Waals surface area contributed by atoms with Crippen molar-refractivity contribution < 1.29 is 9.59 Å². The molecule has 2 aromatic rings. The lowest BCUT2D eigenvalue weighted by Crippen LogP contribution is -2.19. The van der Waals surface area contributed by atoms with Crippen LogP contribution in [0.4, 0.5) is 11.4 Å². The van der Waals surface area contributed by atoms with Crippen molar-refractivity contribution in [2.75, 3.05) is 10.6 Å². The van der Waals surface area contributed by atoms with Crippen molar-refractivity contribution in [3.8, 4) is 0 Å². The number of nitrogens with one attached hydrogen (secondary N) is 3. The number of para-hydroxylation sites is 1. The Labute approximate surface area is 191 Å². The number of allylic oxidation sites excluding steroid dienone is 1. The first-order valence-corrected chi connectivity index (χ1v) is 11.7. The summed E-state index contributed by atoms with van der Waals surface area (Å²) in [6.45, 7) is 2.07. The van der Waals surface area contributed by atoms with Gasteiger partial charge < -0.3 is 10.6 Å². The summed E-state index contributed by atoms with van der Waals surface area (Å²) < 4.78 is 0. The molecule has 0 saturated heterocycles. The van der Waals surface area contributed by atoms with Crippen LogP contribution in [0.3, 0.4) is 0 Å². The Balaban J connectivity index is 1.44. The molecule has 1 saturated carbocycles. The van der Waals surface area contributed by atoms with E-state index in [0.29, 0.717) is 5.57 Å². The number of hydrazone groups is 1. The maximum atomic E-state index is 12.5. The fraction of sp³-hybridized carbons (Fsp3) is 0.240. The molecule has 0 radical (unpaired) electrons. The zero-order chi connectivity index (χ0) is 22.1. The Bertz CT molecular complexity index is 1180. The lowest BCUT2D eigenvalue weighted by molar-refractivity contribution is -0.117. The first-order chi connectivity index (χ1) is 15.6. The summed E-state index contributed by atoms with van der Waals surface area (Å²) in [6.07, 6.45) is 5.66. The molecule has 2 amide bonds. The van der Waals surface area contributed by atoms with Crippen molar-refractivity contribution in [1.29, 1.82) is 0 Å². The minimum atomic E-state index is -0.174. The Kier molecular flexibility index (Phi) is 5.57. The number of hydrogen-bond acceptors (Lipinski definition) is 5. The average Bonchev–Trinajstić information content (AvgIpc) is 3.59. The summed E-state index contributed by atoms with van der Waals surface area (Å²) in [7, 11) is 0. The van der Waals surface area contributed by atoms with Crippen molar-refractivity contribution >= 4 is 45.6 Å². The fourth-order valence-corrected chi connectivity index (χ4v) is 4.79. The second kappa shape index (κ2) is 8.67. The van der Waals surface area contributed by atoms with Crippen LogP contribution >= 0.6 is 11.8 Å². The molecule has 5 rings (SSSR count). The smallest absolute Gasteiger partial charge is 0.275 e. The summed E-state index contributed by atoms with van der Waals surface area (Å²) >= 11 is 1.63. The predicted octanol–water partition coefficient (Wildman–Crippen LogP) is 5.13. The lowest BCUT2D eigenvalue weighted by Gasteiger charge is -2.22. The Hall–Kier alpha value is -3.32. The zero-order valence-corrected chi connectivity index (χ0v) is 18.6. The van der Waals surface area contributed by atoms with Gasteiger partial charge in [-0.2, -0.15) is 5.10 Å². The number of thioether (sulfide) groups is 1. The van der Waals surface area contributed by atoms with Gasteiger partial charge in [-0.3, -0.25) is 9.59 Å². The molecule has 7 heteroatoms. The van der Waals surface area contributed by atoms with Gasteiger partial charge in [0, 0.05) is 32.7 Å². The van der Waals surface area contributed by atoms with E-state index in [1.165, 1.54) is 0 Å². The number of carbonyl (C=O) groups is 2. The van der Waals surface area contributed by atoms with Gasteiger partial charge in [0.1, 0.15) is 0 Å². The Morgan fingerprint density at radius 3 is 2.69 bits per heavy atom. The number of benzene rings is 2. The summed E-state index contributed by atoms with van der Waals surface area (Å²) in [5.74, 6) is 0.114. The second-order valence-electron chi connectivity index (χ2n) is 8.11. The third-order valence-electron chi connectivity index (χ3n) is 5.60. The molecule has 2 aliphatic heterocycles. The maximum Gasteiger partial charge on any atom is 0.275 e. The molecule has 2 heterocycles. The molecule has 3 aliphatic rings. The van der Waals surface area contributed by atoms with E-state index in [-0.39, 0.29) is 17.7 Å². The maximum absolute atomic E-state index is 12.5. The second-order valence-corrected chi connectivity index (χ2v) is 9.22. The van der Waals surface area contributed by atoms with Crippen molar-refractivity contribution in [2.45, 2.75) is 37.5 Å². The van der Waals surface area contributed by atoms with Crippen LogP contribution in [0, 0.1) is 5.92 Å². The van der Waals surface area contributed by atoms with Gasteiger partial charge in [0.25, 0.3) is 5.91 Å². The SMILES string of the molecule is CCCC1=NNC(=O)/C1=C1/C=C(Sc2ccc(NC(=O)C3CC3)cc2)c2ccccc2N1. The minimum Gasteiger partial charge on any atom is -0.354 e. The normalized spacial score (nSPS) is 19.5. The van der Waals surface area contributed by atoms with Gasteiger partial charge in [0.05, 0.1) is 17.0 Å². The van der Waals surface area contributed by atoms with Gasteiger partial charge in [-0.05, 0) is 55.7 Å². The number of anilines is 2. The van der Waals surface area contributed by atoms with E-state index in [1.807, 2.05) is 48.5 Å². The highest BCUT2D eigenvalue weighted by Gasteiger charge is 2.30. The van der Waals surface area contributed by atoms with Crippen LogP contribution in [0.15, 0.2) is 75.9 Å². The first kappa shape index (κ1) is 20.6. The van der Waals surface area contributed by atoms with Crippen molar-refractivity contribution in [2.24, 2.45) is 11.0 Å². The number of fused-ring (bicyclic) bond motifs is 1. The van der Waals surface area contributed by atoms with Crippen molar-refractivity contribution in [3.63, 3.8) is 0 Å². The molecule has 2 aromatic carbocycles. The largest absolute Gasteiger partial charge is 0.354 e. The molecule has 0 bridgehead atoms. The molecule has 0 aromatic heterocycles. The Morgan fingerprint density at radius 2 is 1.94 bits per heavy atom. The number of rotatable bonds is 6.